The van der Waals surface area contributed by atoms with Crippen LogP contribution in [0, 0.1) is 13.8 Å². The second-order valence-corrected chi connectivity index (χ2v) is 6.80. The number of H-pyrrole nitrogens is 1. The number of carbonyl (C=O) groups excluding carboxylic acids is 3. The van der Waals surface area contributed by atoms with Crippen LogP contribution in [0.25, 0.3) is 0 Å². The molecule has 0 saturated carbocycles. The van der Waals surface area contributed by atoms with Crippen molar-refractivity contribution >= 4 is 17.8 Å². The first-order valence-electron chi connectivity index (χ1n) is 9.03. The van der Waals surface area contributed by atoms with Crippen LogP contribution in [-0.2, 0) is 9.47 Å². The number of urea groups is 1. The van der Waals surface area contributed by atoms with Crippen molar-refractivity contribution < 1.29 is 23.9 Å². The predicted octanol–water partition coefficient (Wildman–Crippen LogP) is 2.45. The van der Waals surface area contributed by atoms with Gasteiger partial charge in [-0.1, -0.05) is 0 Å². The molecule has 0 fully saturated rings. The van der Waals surface area contributed by atoms with Crippen LogP contribution >= 0.6 is 0 Å². The van der Waals surface area contributed by atoms with Crippen LogP contribution < -0.4 is 5.32 Å². The maximum Gasteiger partial charge on any atom is 0.354 e. The first-order chi connectivity index (χ1) is 12.6. The van der Waals surface area contributed by atoms with E-state index in [2.05, 4.69) is 10.3 Å². The molecule has 1 rings (SSSR count). The molecule has 0 aliphatic rings. The fourth-order valence-corrected chi connectivity index (χ4v) is 2.96. The summed E-state index contributed by atoms with van der Waals surface area (Å²) in [5.74, 6) is -0.760. The third-order valence-corrected chi connectivity index (χ3v) is 4.34. The zero-order valence-electron chi connectivity index (χ0n) is 17.3. The summed E-state index contributed by atoms with van der Waals surface area (Å²) in [6.45, 7) is 9.70. The minimum absolute atomic E-state index is 0.0496. The van der Waals surface area contributed by atoms with Gasteiger partial charge in [0.05, 0.1) is 13.2 Å². The summed E-state index contributed by atoms with van der Waals surface area (Å²) in [4.78, 5) is 42.0. The van der Waals surface area contributed by atoms with Crippen LogP contribution in [0.2, 0.25) is 0 Å². The number of ether oxygens (including phenoxy) is 2. The topological polar surface area (TPSA) is 101 Å². The molecule has 0 radical (unpaired) electrons. The Bertz CT molecular complexity index is 681. The van der Waals surface area contributed by atoms with Crippen LogP contribution in [0.1, 0.15) is 59.3 Å². The Morgan fingerprint density at radius 3 is 2.30 bits per heavy atom. The molecule has 27 heavy (non-hydrogen) atoms. The predicted molar refractivity (Wildman–Crippen MR) is 102 cm³/mol. The van der Waals surface area contributed by atoms with E-state index in [0.717, 1.165) is 0 Å². The fraction of sp³-hybridized carbons (Fsp3) is 0.632. The highest BCUT2D eigenvalue weighted by atomic mass is 16.5. The number of nitrogens with one attached hydrogen (secondary N) is 2. The lowest BCUT2D eigenvalue weighted by molar-refractivity contribution is 0.0593. The first kappa shape index (κ1) is 22.7. The number of ketones is 1. The third kappa shape index (κ3) is 5.56. The van der Waals surface area contributed by atoms with Gasteiger partial charge in [0.1, 0.15) is 5.69 Å². The van der Waals surface area contributed by atoms with Gasteiger partial charge in [-0.3, -0.25) is 4.79 Å². The average Bonchev–Trinajstić information content (AvgIpc) is 2.90. The number of aromatic amines is 1. The van der Waals surface area contributed by atoms with E-state index in [-0.39, 0.29) is 23.6 Å². The number of methoxy groups -OCH3 is 2. The van der Waals surface area contributed by atoms with Crippen molar-refractivity contribution in [2.75, 3.05) is 27.4 Å². The van der Waals surface area contributed by atoms with E-state index in [1.54, 1.807) is 27.9 Å². The quantitative estimate of drug-likeness (QED) is 0.389. The van der Waals surface area contributed by atoms with Crippen molar-refractivity contribution in [2.45, 2.75) is 53.1 Å². The van der Waals surface area contributed by atoms with Crippen molar-refractivity contribution in [2.24, 2.45) is 0 Å². The van der Waals surface area contributed by atoms with Crippen LogP contribution in [-0.4, -0.2) is 67.1 Å². The maximum atomic E-state index is 13.1. The Kier molecular flexibility index (Phi) is 8.49. The number of aryl methyl sites for hydroxylation is 1. The highest BCUT2D eigenvalue weighted by Crippen LogP contribution is 2.22. The summed E-state index contributed by atoms with van der Waals surface area (Å²) in [5.41, 5.74) is 1.77. The van der Waals surface area contributed by atoms with Crippen molar-refractivity contribution in [3.8, 4) is 0 Å². The van der Waals surface area contributed by atoms with E-state index in [1.165, 1.54) is 12.0 Å². The summed E-state index contributed by atoms with van der Waals surface area (Å²) < 4.78 is 9.81. The van der Waals surface area contributed by atoms with Crippen molar-refractivity contribution in [3.05, 3.63) is 22.5 Å². The summed E-state index contributed by atoms with van der Waals surface area (Å²) in [6.07, 6.45) is 0.609. The van der Waals surface area contributed by atoms with Crippen LogP contribution in [0.3, 0.4) is 0 Å². The number of rotatable bonds is 9. The van der Waals surface area contributed by atoms with Gasteiger partial charge in [0.2, 0.25) is 0 Å². The molecule has 1 aromatic rings. The van der Waals surface area contributed by atoms with Gasteiger partial charge in [0.15, 0.2) is 5.78 Å². The summed E-state index contributed by atoms with van der Waals surface area (Å²) in [5, 5.41) is 2.83. The standard InChI is InChI=1S/C19H31N3O5/c1-11(2)20-19(25)22(9-8-10-26-6)14(5)17(23)15-12(3)16(18(24)27-7)21-13(15)4/h11,14,21H,8-10H2,1-7H3,(H,20,25)/t14-/m0/s1. The van der Waals surface area contributed by atoms with E-state index in [1.807, 2.05) is 13.8 Å². The molecule has 8 heteroatoms. The Morgan fingerprint density at radius 1 is 1.15 bits per heavy atom. The second kappa shape index (κ2) is 10.1. The van der Waals surface area contributed by atoms with Crippen LogP contribution in [0.5, 0.6) is 0 Å². The van der Waals surface area contributed by atoms with Crippen molar-refractivity contribution in [1.29, 1.82) is 0 Å². The van der Waals surface area contributed by atoms with Crippen molar-refractivity contribution in [3.63, 3.8) is 0 Å². The van der Waals surface area contributed by atoms with Gasteiger partial charge in [0, 0.05) is 37.6 Å². The summed E-state index contributed by atoms with van der Waals surface area (Å²) in [6, 6.07) is -1.05. The second-order valence-electron chi connectivity index (χ2n) is 6.80. The zero-order valence-corrected chi connectivity index (χ0v) is 17.3. The SMILES string of the molecule is COCCCN(C(=O)NC(C)C)[C@@H](C)C(=O)c1c(C)[nH]c(C(=O)OC)c1C. The molecule has 8 nitrogen and oxygen atoms in total. The number of hydrogen-bond acceptors (Lipinski definition) is 5. The lowest BCUT2D eigenvalue weighted by atomic mass is 10.00. The highest BCUT2D eigenvalue weighted by Gasteiger charge is 2.31. The van der Waals surface area contributed by atoms with Gasteiger partial charge >= 0.3 is 12.0 Å². The monoisotopic (exact) mass is 381 g/mol. The molecule has 0 bridgehead atoms. The molecule has 0 aliphatic carbocycles. The molecule has 1 aromatic heterocycles. The van der Waals surface area contributed by atoms with E-state index in [0.29, 0.717) is 36.4 Å². The van der Waals surface area contributed by atoms with E-state index in [4.69, 9.17) is 9.47 Å². The maximum absolute atomic E-state index is 13.1. The molecule has 0 aliphatic heterocycles. The van der Waals surface area contributed by atoms with E-state index in [9.17, 15) is 14.4 Å². The number of hydrogen-bond donors (Lipinski definition) is 2. The Labute approximate surface area is 160 Å². The van der Waals surface area contributed by atoms with E-state index >= 15 is 0 Å². The summed E-state index contributed by atoms with van der Waals surface area (Å²) >= 11 is 0. The summed E-state index contributed by atoms with van der Waals surface area (Å²) in [7, 11) is 2.88. The van der Waals surface area contributed by atoms with Crippen LogP contribution in [0.15, 0.2) is 0 Å². The van der Waals surface area contributed by atoms with Gasteiger partial charge in [-0.05, 0) is 46.6 Å². The van der Waals surface area contributed by atoms with Gasteiger partial charge in [-0.25, -0.2) is 9.59 Å². The number of aromatic nitrogens is 1. The number of Topliss-reactive ketones (excluding diaryl/α,β-unsaturated/α-hetero) is 1. The normalized spacial score (nSPS) is 12.0. The first-order valence-corrected chi connectivity index (χ1v) is 9.03. The molecular weight excluding hydrogens is 350 g/mol. The Balaban J connectivity index is 3.15. The Morgan fingerprint density at radius 2 is 1.78 bits per heavy atom. The minimum atomic E-state index is -0.695. The molecule has 1 heterocycles. The largest absolute Gasteiger partial charge is 0.464 e. The molecule has 2 N–H and O–H groups in total. The van der Waals surface area contributed by atoms with Crippen LogP contribution in [0.4, 0.5) is 4.79 Å². The number of nitrogens with zero attached hydrogens (tertiary/aromatic N) is 1. The fourth-order valence-electron chi connectivity index (χ4n) is 2.96. The number of amides is 2. The zero-order chi connectivity index (χ0) is 20.7. The van der Waals surface area contributed by atoms with E-state index < -0.39 is 12.0 Å². The molecule has 0 aromatic carbocycles. The molecule has 0 saturated heterocycles. The minimum Gasteiger partial charge on any atom is -0.464 e. The Hall–Kier alpha value is -2.35. The molecule has 152 valence electrons. The molecule has 0 spiro atoms. The highest BCUT2D eigenvalue weighted by molar-refractivity contribution is 6.06. The van der Waals surface area contributed by atoms with Gasteiger partial charge in [0.25, 0.3) is 0 Å². The van der Waals surface area contributed by atoms with Gasteiger partial charge in [-0.2, -0.15) is 0 Å². The molecule has 0 unspecified atom stereocenters. The molecular formula is C19H31N3O5. The molecule has 1 atom stereocenters. The lowest BCUT2D eigenvalue weighted by Gasteiger charge is -2.29. The average molecular weight is 381 g/mol. The lowest BCUT2D eigenvalue weighted by Crippen LogP contribution is -2.50. The molecule has 2 amide bonds. The van der Waals surface area contributed by atoms with Gasteiger partial charge < -0.3 is 24.7 Å². The number of esters is 1. The van der Waals surface area contributed by atoms with Gasteiger partial charge in [-0.15, -0.1) is 0 Å². The smallest absolute Gasteiger partial charge is 0.354 e. The third-order valence-electron chi connectivity index (χ3n) is 4.34. The number of carbonyl (C=O) groups is 3. The van der Waals surface area contributed by atoms with Crippen molar-refractivity contribution in [1.82, 2.24) is 15.2 Å².